The van der Waals surface area contributed by atoms with E-state index in [9.17, 15) is 0 Å². The minimum atomic E-state index is 0.765. The second-order valence-corrected chi connectivity index (χ2v) is 6.75. The van der Waals surface area contributed by atoms with Crippen molar-refractivity contribution in [1.29, 1.82) is 0 Å². The first-order valence-corrected chi connectivity index (χ1v) is 6.85. The van der Waals surface area contributed by atoms with E-state index in [1.54, 1.807) is 17.6 Å². The van der Waals surface area contributed by atoms with Crippen molar-refractivity contribution in [2.45, 2.75) is 39.5 Å². The molecule has 16 heavy (non-hydrogen) atoms. The van der Waals surface area contributed by atoms with E-state index in [-0.39, 0.29) is 0 Å². The number of hydrogen-bond acceptors (Lipinski definition) is 1. The Morgan fingerprint density at radius 3 is 2.94 bits per heavy atom. The molecule has 5 atom stereocenters. The van der Waals surface area contributed by atoms with Gasteiger partial charge < -0.3 is 4.65 Å². The first kappa shape index (κ1) is 9.76. The first-order valence-electron chi connectivity index (χ1n) is 6.85. The molecule has 5 aliphatic carbocycles. The molecule has 5 unspecified atom stereocenters. The van der Waals surface area contributed by atoms with E-state index in [0.29, 0.717) is 0 Å². The van der Waals surface area contributed by atoms with Crippen molar-refractivity contribution < 1.29 is 4.65 Å². The van der Waals surface area contributed by atoms with Crippen molar-refractivity contribution in [2.75, 3.05) is 6.61 Å². The summed E-state index contributed by atoms with van der Waals surface area (Å²) in [6, 6.07) is 0. The summed E-state index contributed by atoms with van der Waals surface area (Å²) in [6.45, 7) is 5.77. The molecule has 0 N–H and O–H groups in total. The molecular weight excluding hydrogens is 195 g/mol. The van der Waals surface area contributed by atoms with E-state index in [0.717, 1.165) is 35.2 Å². The normalized spacial score (nSPS) is 56.0. The summed E-state index contributed by atoms with van der Waals surface area (Å²) in [5.74, 6) is 3.05. The highest BCUT2D eigenvalue weighted by Gasteiger charge is 2.91. The molecule has 0 saturated heterocycles. The fraction of sp³-hybridized carbons (Fsp3) is 0.857. The fourth-order valence-corrected chi connectivity index (χ4v) is 6.28. The molecule has 0 radical (unpaired) electrons. The van der Waals surface area contributed by atoms with E-state index in [1.807, 2.05) is 8.05 Å². The summed E-state index contributed by atoms with van der Waals surface area (Å²) >= 11 is 0. The molecule has 0 heterocycles. The molecule has 86 valence electrons. The van der Waals surface area contributed by atoms with Crippen LogP contribution in [0.25, 0.3) is 0 Å². The van der Waals surface area contributed by atoms with E-state index in [4.69, 9.17) is 4.65 Å². The zero-order valence-corrected chi connectivity index (χ0v) is 10.7. The molecule has 0 aromatic heterocycles. The zero-order valence-electron chi connectivity index (χ0n) is 10.7. The van der Waals surface area contributed by atoms with Crippen molar-refractivity contribution in [3.63, 3.8) is 0 Å². The standard InChI is InChI=1S/C14H21BO/c1-8-9(2)14-11-5-10(3-4-16-15)6-13(14,7-11)12(8)14/h10-12H,3-7,15H2,1-2H3. The van der Waals surface area contributed by atoms with Crippen LogP contribution in [0.3, 0.4) is 0 Å². The molecule has 2 heteroatoms. The highest BCUT2D eigenvalue weighted by Crippen LogP contribution is 2.97. The fourth-order valence-electron chi connectivity index (χ4n) is 6.28. The second kappa shape index (κ2) is 2.61. The average Bonchev–Trinajstić information content (AvgIpc) is 2.76. The smallest absolute Gasteiger partial charge is 0.257 e. The minimum absolute atomic E-state index is 0.765. The van der Waals surface area contributed by atoms with Crippen LogP contribution in [-0.2, 0) is 4.65 Å². The lowest BCUT2D eigenvalue weighted by molar-refractivity contribution is -0.00182. The van der Waals surface area contributed by atoms with E-state index in [2.05, 4.69) is 13.8 Å². The lowest BCUT2D eigenvalue weighted by Gasteiger charge is -2.53. The maximum absolute atomic E-state index is 5.24. The van der Waals surface area contributed by atoms with Crippen LogP contribution < -0.4 is 0 Å². The second-order valence-electron chi connectivity index (χ2n) is 6.75. The van der Waals surface area contributed by atoms with Crippen LogP contribution in [0.4, 0.5) is 0 Å². The van der Waals surface area contributed by atoms with Crippen LogP contribution in [0.15, 0.2) is 11.1 Å². The predicted molar refractivity (Wildman–Crippen MR) is 66.7 cm³/mol. The molecule has 0 amide bonds. The van der Waals surface area contributed by atoms with Gasteiger partial charge in [0.15, 0.2) is 0 Å². The zero-order chi connectivity index (χ0) is 11.1. The first-order chi connectivity index (χ1) is 7.68. The molecule has 1 nitrogen and oxygen atoms in total. The Kier molecular flexibility index (Phi) is 1.59. The molecule has 0 aromatic carbocycles. The van der Waals surface area contributed by atoms with Gasteiger partial charge >= 0.3 is 0 Å². The average molecular weight is 216 g/mol. The van der Waals surface area contributed by atoms with Gasteiger partial charge in [0.2, 0.25) is 0 Å². The molecular formula is C14H21BO. The Labute approximate surface area is 99.1 Å². The Morgan fingerprint density at radius 1 is 1.38 bits per heavy atom. The summed E-state index contributed by atoms with van der Waals surface area (Å²) in [5, 5.41) is 0. The van der Waals surface area contributed by atoms with Gasteiger partial charge in [-0.2, -0.15) is 0 Å². The van der Waals surface area contributed by atoms with Gasteiger partial charge in [-0.3, -0.25) is 0 Å². The molecule has 4 fully saturated rings. The van der Waals surface area contributed by atoms with Gasteiger partial charge in [-0.1, -0.05) is 11.1 Å². The molecule has 4 saturated carbocycles. The van der Waals surface area contributed by atoms with E-state index < -0.39 is 0 Å². The maximum atomic E-state index is 5.24. The molecule has 0 aliphatic heterocycles. The maximum Gasteiger partial charge on any atom is 0.257 e. The van der Waals surface area contributed by atoms with E-state index >= 15 is 0 Å². The molecule has 0 aromatic rings. The van der Waals surface area contributed by atoms with Crippen LogP contribution in [0.1, 0.15) is 39.5 Å². The Balaban J connectivity index is 1.54. The number of fused-ring (bicyclic) bond motifs is 2. The largest absolute Gasteiger partial charge is 0.444 e. The molecule has 5 aliphatic rings. The van der Waals surface area contributed by atoms with Gasteiger partial charge in [0.05, 0.1) is 0 Å². The summed E-state index contributed by atoms with van der Waals surface area (Å²) in [7, 11) is 1.83. The third-order valence-electron chi connectivity index (χ3n) is 6.65. The minimum Gasteiger partial charge on any atom is -0.444 e. The number of hydrogen-bond donors (Lipinski definition) is 0. The monoisotopic (exact) mass is 216 g/mol. The van der Waals surface area contributed by atoms with Crippen molar-refractivity contribution in [3.8, 4) is 0 Å². The lowest BCUT2D eigenvalue weighted by Crippen LogP contribution is -2.45. The van der Waals surface area contributed by atoms with Gasteiger partial charge in [0.25, 0.3) is 8.05 Å². The Morgan fingerprint density at radius 2 is 2.19 bits per heavy atom. The Hall–Kier alpha value is -0.235. The highest BCUT2D eigenvalue weighted by atomic mass is 16.4. The quantitative estimate of drug-likeness (QED) is 0.519. The number of rotatable bonds is 3. The van der Waals surface area contributed by atoms with Crippen molar-refractivity contribution in [1.82, 2.24) is 0 Å². The van der Waals surface area contributed by atoms with Crippen LogP contribution in [0.2, 0.25) is 0 Å². The van der Waals surface area contributed by atoms with Gasteiger partial charge in [-0.05, 0) is 62.7 Å². The molecule has 5 rings (SSSR count). The van der Waals surface area contributed by atoms with Crippen molar-refractivity contribution in [3.05, 3.63) is 11.1 Å². The SMILES string of the molecule is BOCCC1CC2CC3(C1)C1C(C)=C(C)C213. The summed E-state index contributed by atoms with van der Waals surface area (Å²) in [6.07, 6.45) is 5.85. The van der Waals surface area contributed by atoms with Crippen LogP contribution in [0, 0.1) is 28.6 Å². The predicted octanol–water partition coefficient (Wildman–Crippen LogP) is 2.32. The van der Waals surface area contributed by atoms with Crippen LogP contribution >= 0.6 is 0 Å². The van der Waals surface area contributed by atoms with Crippen LogP contribution in [0.5, 0.6) is 0 Å². The summed E-state index contributed by atoms with van der Waals surface area (Å²) in [4.78, 5) is 0. The summed E-state index contributed by atoms with van der Waals surface area (Å²) in [5.41, 5.74) is 5.09. The molecule has 2 bridgehead atoms. The van der Waals surface area contributed by atoms with Gasteiger partial charge in [0, 0.05) is 12.0 Å². The molecule has 2 spiro atoms. The van der Waals surface area contributed by atoms with Gasteiger partial charge in [0.1, 0.15) is 0 Å². The van der Waals surface area contributed by atoms with Crippen LogP contribution in [-0.4, -0.2) is 14.7 Å². The highest BCUT2D eigenvalue weighted by molar-refractivity contribution is 5.97. The Bertz CT molecular complexity index is 402. The van der Waals surface area contributed by atoms with Gasteiger partial charge in [-0.15, -0.1) is 0 Å². The summed E-state index contributed by atoms with van der Waals surface area (Å²) < 4.78 is 5.24. The third kappa shape index (κ3) is 0.696. The number of allylic oxidation sites excluding steroid dienone is 2. The topological polar surface area (TPSA) is 9.23 Å². The lowest BCUT2D eigenvalue weighted by atomic mass is 9.51. The van der Waals surface area contributed by atoms with Crippen molar-refractivity contribution in [2.24, 2.45) is 28.6 Å². The van der Waals surface area contributed by atoms with Crippen molar-refractivity contribution >= 4 is 8.05 Å². The third-order valence-corrected chi connectivity index (χ3v) is 6.65. The van der Waals surface area contributed by atoms with E-state index in [1.165, 1.54) is 19.3 Å². The van der Waals surface area contributed by atoms with Gasteiger partial charge in [-0.25, -0.2) is 0 Å².